The van der Waals surface area contributed by atoms with Gasteiger partial charge in [-0.3, -0.25) is 9.59 Å². The Morgan fingerprint density at radius 3 is 0.950 bits per heavy atom. The molecule has 0 aliphatic carbocycles. The Morgan fingerprint density at radius 2 is 0.900 bits per heavy atom. The molecule has 0 heterocycles. The van der Waals surface area contributed by atoms with Gasteiger partial charge in [0.25, 0.3) is 11.9 Å². The Hall–Kier alpha value is -1.14. The normalized spacial score (nSPS) is 7.90. The van der Waals surface area contributed by atoms with Crippen molar-refractivity contribution in [2.24, 2.45) is 0 Å². The van der Waals surface area contributed by atoms with Gasteiger partial charge >= 0.3 is 0 Å². The minimum Gasteiger partial charge on any atom is -0.481 e. The first kappa shape index (κ1) is 27.2. The third kappa shape index (κ3) is 180. The van der Waals surface area contributed by atoms with Crippen molar-refractivity contribution in [1.82, 2.24) is 0 Å². The predicted molar refractivity (Wildman–Crippen MR) is 79.8 cm³/mol. The summed E-state index contributed by atoms with van der Waals surface area (Å²) in [5.74, 6) is -1.67. The number of aliphatic hydroxyl groups is 2. The highest BCUT2D eigenvalue weighted by Crippen LogP contribution is 1.89. The molecule has 6 heteroatoms. The molecule has 6 nitrogen and oxygen atoms in total. The zero-order valence-corrected chi connectivity index (χ0v) is 13.3. The summed E-state index contributed by atoms with van der Waals surface area (Å²) in [6.07, 6.45) is 6.65. The molecular weight excluding hydrogens is 264 g/mol. The van der Waals surface area contributed by atoms with Crippen molar-refractivity contribution in [2.45, 2.75) is 66.2 Å². The molecule has 0 atom stereocenters. The second kappa shape index (κ2) is 30.7. The van der Waals surface area contributed by atoms with Gasteiger partial charge in [0.15, 0.2) is 0 Å². The topological polar surface area (TPSA) is 115 Å². The van der Waals surface area contributed by atoms with Gasteiger partial charge in [-0.2, -0.15) is 0 Å². The van der Waals surface area contributed by atoms with Gasteiger partial charge in [-0.1, -0.05) is 39.5 Å². The fourth-order valence-electron chi connectivity index (χ4n) is 0.724. The monoisotopic (exact) mass is 296 g/mol. The Labute approximate surface area is 122 Å². The summed E-state index contributed by atoms with van der Waals surface area (Å²) in [5, 5.41) is 31.2. The smallest absolute Gasteiger partial charge is 0.300 e. The second-order valence-corrected chi connectivity index (χ2v) is 3.90. The average Bonchev–Trinajstić information content (AvgIpc) is 2.33. The molecule has 124 valence electrons. The first-order valence-corrected chi connectivity index (χ1v) is 6.90. The predicted octanol–water partition coefficient (Wildman–Crippen LogP) is 2.52. The largest absolute Gasteiger partial charge is 0.481 e. The van der Waals surface area contributed by atoms with Gasteiger partial charge < -0.3 is 20.4 Å². The summed E-state index contributed by atoms with van der Waals surface area (Å²) in [7, 11) is 0. The van der Waals surface area contributed by atoms with Crippen LogP contribution in [0.5, 0.6) is 0 Å². The molecule has 0 saturated carbocycles. The van der Waals surface area contributed by atoms with E-state index in [4.69, 9.17) is 30.0 Å². The number of hydrogen-bond acceptors (Lipinski definition) is 4. The number of unbranched alkanes of at least 4 members (excludes halogenated alkanes) is 4. The molecule has 20 heavy (non-hydrogen) atoms. The Morgan fingerprint density at radius 1 is 0.700 bits per heavy atom. The van der Waals surface area contributed by atoms with Gasteiger partial charge in [-0.05, 0) is 12.8 Å². The van der Waals surface area contributed by atoms with E-state index < -0.39 is 11.9 Å². The van der Waals surface area contributed by atoms with Gasteiger partial charge in [0.05, 0.1) is 0 Å². The first-order chi connectivity index (χ1) is 9.29. The Kier molecular flexibility index (Phi) is 41.8. The van der Waals surface area contributed by atoms with E-state index in [9.17, 15) is 0 Å². The summed E-state index contributed by atoms with van der Waals surface area (Å²) < 4.78 is 0. The van der Waals surface area contributed by atoms with Gasteiger partial charge in [0.1, 0.15) is 0 Å². The third-order valence-electron chi connectivity index (χ3n) is 1.52. The standard InChI is InChI=1S/2C5H12O.2C2H4O2/c2*1-2-3-4-5-6;2*1-2(3)4/h2*6H,2-5H2,1H3;2*1H3,(H,3,4). The molecular formula is C14H32O6. The number of carboxylic acid groups (broad SMARTS) is 2. The quantitative estimate of drug-likeness (QED) is 0.560. The molecule has 0 aliphatic rings. The van der Waals surface area contributed by atoms with Crippen molar-refractivity contribution in [3.05, 3.63) is 0 Å². The fraction of sp³-hybridized carbons (Fsp3) is 0.857. The minimum atomic E-state index is -0.833. The van der Waals surface area contributed by atoms with Gasteiger partial charge in [0.2, 0.25) is 0 Å². The van der Waals surface area contributed by atoms with Gasteiger partial charge in [-0.25, -0.2) is 0 Å². The van der Waals surface area contributed by atoms with Gasteiger partial charge in [0, 0.05) is 27.1 Å². The molecule has 0 fully saturated rings. The Balaban J connectivity index is -0.0000000871. The van der Waals surface area contributed by atoms with Gasteiger partial charge in [-0.15, -0.1) is 0 Å². The maximum absolute atomic E-state index is 9.00. The van der Waals surface area contributed by atoms with Crippen LogP contribution < -0.4 is 0 Å². The first-order valence-electron chi connectivity index (χ1n) is 6.90. The molecule has 0 rings (SSSR count). The molecule has 0 bridgehead atoms. The lowest BCUT2D eigenvalue weighted by molar-refractivity contribution is -0.135. The lowest BCUT2D eigenvalue weighted by Crippen LogP contribution is -1.78. The molecule has 0 amide bonds. The highest BCUT2D eigenvalue weighted by molar-refractivity contribution is 5.63. The summed E-state index contributed by atoms with van der Waals surface area (Å²) in [4.78, 5) is 18.0. The van der Waals surface area contributed by atoms with Crippen LogP contribution in [0.1, 0.15) is 66.2 Å². The van der Waals surface area contributed by atoms with Crippen LogP contribution in [0.25, 0.3) is 0 Å². The van der Waals surface area contributed by atoms with Crippen LogP contribution in [0.15, 0.2) is 0 Å². The molecule has 0 saturated heterocycles. The van der Waals surface area contributed by atoms with Crippen LogP contribution >= 0.6 is 0 Å². The molecule has 0 aromatic carbocycles. The van der Waals surface area contributed by atoms with E-state index in [1.807, 2.05) is 0 Å². The molecule has 4 N–H and O–H groups in total. The van der Waals surface area contributed by atoms with Crippen molar-refractivity contribution in [1.29, 1.82) is 0 Å². The maximum atomic E-state index is 9.00. The van der Waals surface area contributed by atoms with Crippen molar-refractivity contribution in [3.63, 3.8) is 0 Å². The van der Waals surface area contributed by atoms with Crippen molar-refractivity contribution in [3.8, 4) is 0 Å². The number of carbonyl (C=O) groups is 2. The highest BCUT2D eigenvalue weighted by Gasteiger charge is 1.76. The molecule has 0 aliphatic heterocycles. The van der Waals surface area contributed by atoms with Crippen LogP contribution in [0.2, 0.25) is 0 Å². The van der Waals surface area contributed by atoms with Crippen LogP contribution in [0.3, 0.4) is 0 Å². The summed E-state index contributed by atoms with van der Waals surface area (Å²) in [5.41, 5.74) is 0. The van der Waals surface area contributed by atoms with Crippen molar-refractivity contribution in [2.75, 3.05) is 13.2 Å². The van der Waals surface area contributed by atoms with Crippen LogP contribution in [0.4, 0.5) is 0 Å². The van der Waals surface area contributed by atoms with Crippen molar-refractivity contribution >= 4 is 11.9 Å². The van der Waals surface area contributed by atoms with Crippen LogP contribution in [-0.2, 0) is 9.59 Å². The van der Waals surface area contributed by atoms with E-state index in [0.29, 0.717) is 13.2 Å². The average molecular weight is 296 g/mol. The molecule has 0 aromatic rings. The lowest BCUT2D eigenvalue weighted by Gasteiger charge is -1.85. The van der Waals surface area contributed by atoms with E-state index in [0.717, 1.165) is 39.5 Å². The fourth-order valence-corrected chi connectivity index (χ4v) is 0.724. The summed E-state index contributed by atoms with van der Waals surface area (Å²) >= 11 is 0. The number of carboxylic acids is 2. The molecule has 0 aromatic heterocycles. The van der Waals surface area contributed by atoms with Crippen LogP contribution in [-0.4, -0.2) is 45.6 Å². The van der Waals surface area contributed by atoms with Crippen molar-refractivity contribution < 1.29 is 30.0 Å². The van der Waals surface area contributed by atoms with E-state index in [-0.39, 0.29) is 0 Å². The van der Waals surface area contributed by atoms with Crippen LogP contribution in [0, 0.1) is 0 Å². The number of aliphatic hydroxyl groups excluding tert-OH is 2. The molecule has 0 spiro atoms. The molecule has 0 unspecified atom stereocenters. The summed E-state index contributed by atoms with van der Waals surface area (Å²) in [6, 6.07) is 0. The van der Waals surface area contributed by atoms with E-state index in [1.54, 1.807) is 0 Å². The van der Waals surface area contributed by atoms with E-state index >= 15 is 0 Å². The second-order valence-electron chi connectivity index (χ2n) is 3.90. The highest BCUT2D eigenvalue weighted by atomic mass is 16.4. The molecule has 0 radical (unpaired) electrons. The number of hydrogen-bond donors (Lipinski definition) is 4. The lowest BCUT2D eigenvalue weighted by atomic mass is 10.3. The SMILES string of the molecule is CC(=O)O.CC(=O)O.CCCCCO.CCCCCO. The third-order valence-corrected chi connectivity index (χ3v) is 1.52. The maximum Gasteiger partial charge on any atom is 0.300 e. The Bertz CT molecular complexity index is 147. The zero-order valence-electron chi connectivity index (χ0n) is 13.3. The zero-order chi connectivity index (χ0) is 16.8. The minimum absolute atomic E-state index is 0.355. The van der Waals surface area contributed by atoms with E-state index in [2.05, 4.69) is 13.8 Å². The summed E-state index contributed by atoms with van der Waals surface area (Å²) in [6.45, 7) is 7.12. The number of rotatable bonds is 6. The number of aliphatic carboxylic acids is 2. The van der Waals surface area contributed by atoms with E-state index in [1.165, 1.54) is 12.8 Å².